The number of aliphatic hydroxyl groups excluding tert-OH is 1. The Hall–Kier alpha value is -1.33. The quantitative estimate of drug-likeness (QED) is 0.935. The summed E-state index contributed by atoms with van der Waals surface area (Å²) in [5, 5.41) is 15.0. The van der Waals surface area contributed by atoms with Crippen LogP contribution in [0.3, 0.4) is 0 Å². The molecule has 5 heteroatoms. The average Bonchev–Trinajstić information content (AvgIpc) is 3.03. The number of fused-ring (bicyclic) bond motifs is 1. The normalized spacial score (nSPS) is 15.2. The molecule has 0 spiro atoms. The molecule has 0 fully saturated rings. The van der Waals surface area contributed by atoms with Gasteiger partial charge in [-0.3, -0.25) is 4.68 Å². The lowest BCUT2D eigenvalue weighted by Crippen LogP contribution is -2.12. The summed E-state index contributed by atoms with van der Waals surface area (Å²) in [6, 6.07) is 6.07. The Morgan fingerprint density at radius 2 is 2.20 bits per heavy atom. The minimum Gasteiger partial charge on any atom is -0.493 e. The summed E-state index contributed by atoms with van der Waals surface area (Å²) in [6.07, 6.45) is 1.94. The largest absolute Gasteiger partial charge is 0.493 e. The molecular weight excluding hydrogens is 320 g/mol. The molecule has 0 saturated carbocycles. The summed E-state index contributed by atoms with van der Waals surface area (Å²) in [5.74, 6) is 0.928. The van der Waals surface area contributed by atoms with Crippen LogP contribution in [0.1, 0.15) is 42.8 Å². The maximum Gasteiger partial charge on any atom is 0.122 e. The predicted octanol–water partition coefficient (Wildman–Crippen LogP) is 3.24. The van der Waals surface area contributed by atoms with Gasteiger partial charge in [0, 0.05) is 12.5 Å². The number of aromatic nitrogens is 2. The minimum absolute atomic E-state index is 0.198. The Balaban J connectivity index is 2.00. The molecule has 106 valence electrons. The van der Waals surface area contributed by atoms with E-state index < -0.39 is 6.10 Å². The number of hydrogen-bond donors (Lipinski definition) is 1. The van der Waals surface area contributed by atoms with Gasteiger partial charge in [-0.2, -0.15) is 5.10 Å². The van der Waals surface area contributed by atoms with Gasteiger partial charge in [-0.1, -0.05) is 6.07 Å². The molecule has 1 aromatic heterocycles. The second-order valence-electron chi connectivity index (χ2n) is 5.28. The highest BCUT2D eigenvalue weighted by Crippen LogP contribution is 2.34. The van der Waals surface area contributed by atoms with Gasteiger partial charge < -0.3 is 9.84 Å². The van der Waals surface area contributed by atoms with Crippen molar-refractivity contribution in [1.82, 2.24) is 9.78 Å². The molecule has 2 aromatic rings. The van der Waals surface area contributed by atoms with E-state index in [2.05, 4.69) is 21.0 Å². The van der Waals surface area contributed by atoms with Crippen LogP contribution in [-0.2, 0) is 6.42 Å². The van der Waals surface area contributed by atoms with Crippen molar-refractivity contribution in [3.05, 3.63) is 45.7 Å². The third-order valence-corrected chi connectivity index (χ3v) is 4.18. The van der Waals surface area contributed by atoms with Crippen molar-refractivity contribution in [1.29, 1.82) is 0 Å². The van der Waals surface area contributed by atoms with Gasteiger partial charge in [0.05, 0.1) is 23.0 Å². The Morgan fingerprint density at radius 1 is 1.40 bits per heavy atom. The number of hydrogen-bond acceptors (Lipinski definition) is 3. The lowest BCUT2D eigenvalue weighted by atomic mass is 10.0. The van der Waals surface area contributed by atoms with Gasteiger partial charge in [0.25, 0.3) is 0 Å². The van der Waals surface area contributed by atoms with Gasteiger partial charge >= 0.3 is 0 Å². The molecule has 1 N–H and O–H groups in total. The van der Waals surface area contributed by atoms with Crippen LogP contribution in [-0.4, -0.2) is 21.5 Å². The first kappa shape index (κ1) is 13.6. The number of benzene rings is 1. The number of halogens is 1. The molecule has 0 aliphatic carbocycles. The molecule has 20 heavy (non-hydrogen) atoms. The summed E-state index contributed by atoms with van der Waals surface area (Å²) < 4.78 is 8.18. The maximum atomic E-state index is 10.7. The summed E-state index contributed by atoms with van der Waals surface area (Å²) in [4.78, 5) is 0. The second kappa shape index (κ2) is 5.22. The molecule has 1 aromatic carbocycles. The van der Waals surface area contributed by atoms with E-state index in [1.54, 1.807) is 6.20 Å². The van der Waals surface area contributed by atoms with E-state index in [9.17, 15) is 5.11 Å². The minimum atomic E-state index is -0.694. The van der Waals surface area contributed by atoms with Crippen LogP contribution < -0.4 is 4.74 Å². The molecule has 0 saturated heterocycles. The molecule has 0 amide bonds. The summed E-state index contributed by atoms with van der Waals surface area (Å²) >= 11 is 3.48. The number of aliphatic hydroxyl groups is 1. The standard InChI is InChI=1S/C15H17BrN2O2/c1-9(2)18-14(12(16)8-17-18)15(19)11-3-4-13-10(7-11)5-6-20-13/h3-4,7-9,15,19H,5-6H2,1-2H3. The average molecular weight is 337 g/mol. The van der Waals surface area contributed by atoms with Gasteiger partial charge in [-0.15, -0.1) is 0 Å². The van der Waals surface area contributed by atoms with Crippen LogP contribution >= 0.6 is 15.9 Å². The second-order valence-corrected chi connectivity index (χ2v) is 6.14. The molecule has 1 atom stereocenters. The van der Waals surface area contributed by atoms with E-state index in [1.165, 1.54) is 0 Å². The van der Waals surface area contributed by atoms with E-state index in [4.69, 9.17) is 4.74 Å². The first-order chi connectivity index (χ1) is 9.58. The highest BCUT2D eigenvalue weighted by molar-refractivity contribution is 9.10. The highest BCUT2D eigenvalue weighted by Gasteiger charge is 2.22. The van der Waals surface area contributed by atoms with Crippen LogP contribution in [0, 0.1) is 0 Å². The molecule has 2 heterocycles. The van der Waals surface area contributed by atoms with E-state index >= 15 is 0 Å². The van der Waals surface area contributed by atoms with Crippen LogP contribution in [0.5, 0.6) is 5.75 Å². The van der Waals surface area contributed by atoms with Crippen LogP contribution in [0.2, 0.25) is 0 Å². The third-order valence-electron chi connectivity index (χ3n) is 3.56. The molecular formula is C15H17BrN2O2. The van der Waals surface area contributed by atoms with E-state index in [0.29, 0.717) is 0 Å². The molecule has 1 unspecified atom stereocenters. The van der Waals surface area contributed by atoms with Gasteiger partial charge in [-0.05, 0) is 53.0 Å². The fraction of sp³-hybridized carbons (Fsp3) is 0.400. The maximum absolute atomic E-state index is 10.7. The summed E-state index contributed by atoms with van der Waals surface area (Å²) in [5.41, 5.74) is 2.82. The Kier molecular flexibility index (Phi) is 3.56. The zero-order valence-electron chi connectivity index (χ0n) is 11.5. The topological polar surface area (TPSA) is 47.3 Å². The molecule has 0 bridgehead atoms. The summed E-state index contributed by atoms with van der Waals surface area (Å²) in [7, 11) is 0. The predicted molar refractivity (Wildman–Crippen MR) is 80.0 cm³/mol. The van der Waals surface area contributed by atoms with Crippen molar-refractivity contribution in [3.8, 4) is 5.75 Å². The molecule has 3 rings (SSSR count). The monoisotopic (exact) mass is 336 g/mol. The molecule has 1 aliphatic rings. The Labute approximate surface area is 126 Å². The third kappa shape index (κ3) is 2.25. The highest BCUT2D eigenvalue weighted by atomic mass is 79.9. The number of ether oxygens (including phenoxy) is 1. The van der Waals surface area contributed by atoms with Gasteiger partial charge in [0.2, 0.25) is 0 Å². The lowest BCUT2D eigenvalue weighted by Gasteiger charge is -2.17. The Bertz CT molecular complexity index is 637. The van der Waals surface area contributed by atoms with Crippen LogP contribution in [0.15, 0.2) is 28.9 Å². The van der Waals surface area contributed by atoms with E-state index in [-0.39, 0.29) is 6.04 Å². The number of rotatable bonds is 3. The molecule has 4 nitrogen and oxygen atoms in total. The van der Waals surface area contributed by atoms with Crippen molar-refractivity contribution in [2.75, 3.05) is 6.61 Å². The number of nitrogens with zero attached hydrogens (tertiary/aromatic N) is 2. The van der Waals surface area contributed by atoms with Gasteiger partial charge in [0.1, 0.15) is 11.9 Å². The first-order valence-electron chi connectivity index (χ1n) is 6.74. The van der Waals surface area contributed by atoms with Crippen molar-refractivity contribution in [3.63, 3.8) is 0 Å². The van der Waals surface area contributed by atoms with Crippen LogP contribution in [0.25, 0.3) is 0 Å². The van der Waals surface area contributed by atoms with Gasteiger partial charge in [-0.25, -0.2) is 0 Å². The van der Waals surface area contributed by atoms with Gasteiger partial charge in [0.15, 0.2) is 0 Å². The van der Waals surface area contributed by atoms with Crippen molar-refractivity contribution < 1.29 is 9.84 Å². The molecule has 1 aliphatic heterocycles. The van der Waals surface area contributed by atoms with Crippen molar-refractivity contribution in [2.45, 2.75) is 32.4 Å². The summed E-state index contributed by atoms with van der Waals surface area (Å²) in [6.45, 7) is 4.82. The lowest BCUT2D eigenvalue weighted by molar-refractivity contribution is 0.204. The smallest absolute Gasteiger partial charge is 0.122 e. The first-order valence-corrected chi connectivity index (χ1v) is 7.54. The van der Waals surface area contributed by atoms with Crippen LogP contribution in [0.4, 0.5) is 0 Å². The zero-order valence-corrected chi connectivity index (χ0v) is 13.1. The fourth-order valence-electron chi connectivity index (χ4n) is 2.55. The van der Waals surface area contributed by atoms with E-state index in [0.717, 1.165) is 40.1 Å². The fourth-order valence-corrected chi connectivity index (χ4v) is 3.04. The zero-order chi connectivity index (χ0) is 14.3. The molecule has 0 radical (unpaired) electrons. The Morgan fingerprint density at radius 3 is 2.95 bits per heavy atom. The van der Waals surface area contributed by atoms with E-state index in [1.807, 2.05) is 36.7 Å². The van der Waals surface area contributed by atoms with Crippen molar-refractivity contribution >= 4 is 15.9 Å². The van der Waals surface area contributed by atoms with Crippen molar-refractivity contribution in [2.24, 2.45) is 0 Å². The SMILES string of the molecule is CC(C)n1ncc(Br)c1C(O)c1ccc2c(c1)CCO2.